The number of carbonyl (C=O) groups excluding carboxylic acids is 1. The normalized spacial score (nSPS) is 19.4. The zero-order valence-electron chi connectivity index (χ0n) is 21.5. The molecule has 2 N–H and O–H groups in total. The van der Waals surface area contributed by atoms with E-state index < -0.39 is 5.95 Å². The van der Waals surface area contributed by atoms with E-state index >= 15 is 4.39 Å². The first-order chi connectivity index (χ1) is 18.0. The molecule has 0 bridgehead atoms. The Bertz CT molecular complexity index is 1290. The fourth-order valence-corrected chi connectivity index (χ4v) is 5.70. The first-order valence-electron chi connectivity index (χ1n) is 13.2. The van der Waals surface area contributed by atoms with E-state index in [1.54, 1.807) is 37.3 Å². The van der Waals surface area contributed by atoms with E-state index in [9.17, 15) is 4.79 Å². The Morgan fingerprint density at radius 2 is 1.84 bits per heavy atom. The lowest BCUT2D eigenvalue weighted by atomic mass is 10.1. The molecule has 0 unspecified atom stereocenters. The fraction of sp³-hybridized carbons (Fsp3) is 0.538. The largest absolute Gasteiger partial charge is 0.365 e. The highest BCUT2D eigenvalue weighted by atomic mass is 19.1. The van der Waals surface area contributed by atoms with Crippen molar-refractivity contribution in [3.8, 4) is 0 Å². The summed E-state index contributed by atoms with van der Waals surface area (Å²) in [6, 6.07) is 6.26. The molecule has 0 radical (unpaired) electrons. The zero-order valence-corrected chi connectivity index (χ0v) is 21.5. The molecule has 0 spiro atoms. The van der Waals surface area contributed by atoms with Crippen LogP contribution in [0.25, 0.3) is 11.0 Å². The van der Waals surface area contributed by atoms with Crippen molar-refractivity contribution in [3.05, 3.63) is 36.0 Å². The standard InChI is InChI=1S/C26H34FN9O/c1-33(2)25(37)21-13-17-14-29-26(32-24(17)36(21)18-5-3-4-6-18)31-22-8-7-20(23(27)30-22)35-11-9-34(10-12-35)19-15-28-16-19/h7-8,13-14,18-19,28H,3-6,9-12,15-16H2,1-2H3,(H,29,30,31,32). The Labute approximate surface area is 215 Å². The van der Waals surface area contributed by atoms with Crippen LogP contribution in [0.4, 0.5) is 21.8 Å². The molecule has 11 heteroatoms. The molecule has 1 aliphatic carbocycles. The Morgan fingerprint density at radius 3 is 2.49 bits per heavy atom. The second-order valence-corrected chi connectivity index (χ2v) is 10.5. The fourth-order valence-electron chi connectivity index (χ4n) is 5.70. The third-order valence-electron chi connectivity index (χ3n) is 7.89. The lowest BCUT2D eigenvalue weighted by Crippen LogP contribution is -2.61. The van der Waals surface area contributed by atoms with Crippen LogP contribution in [0.5, 0.6) is 0 Å². The molecule has 3 aromatic rings. The Kier molecular flexibility index (Phi) is 6.41. The van der Waals surface area contributed by atoms with Gasteiger partial charge >= 0.3 is 0 Å². The number of carbonyl (C=O) groups is 1. The van der Waals surface area contributed by atoms with Gasteiger partial charge in [-0.15, -0.1) is 0 Å². The quantitative estimate of drug-likeness (QED) is 0.492. The highest BCUT2D eigenvalue weighted by Gasteiger charge is 2.29. The van der Waals surface area contributed by atoms with Gasteiger partial charge in [0, 0.05) is 77.0 Å². The van der Waals surface area contributed by atoms with Crippen molar-refractivity contribution in [2.24, 2.45) is 0 Å². The van der Waals surface area contributed by atoms with E-state index in [0.717, 1.165) is 70.3 Å². The number of nitrogens with zero attached hydrogens (tertiary/aromatic N) is 7. The van der Waals surface area contributed by atoms with Crippen LogP contribution in [0, 0.1) is 5.95 Å². The summed E-state index contributed by atoms with van der Waals surface area (Å²) in [6.45, 7) is 5.52. The smallest absolute Gasteiger partial charge is 0.270 e. The van der Waals surface area contributed by atoms with Gasteiger partial charge in [0.1, 0.15) is 17.2 Å². The number of pyridine rings is 1. The maximum Gasteiger partial charge on any atom is 0.270 e. The number of halogens is 1. The monoisotopic (exact) mass is 507 g/mol. The molecule has 37 heavy (non-hydrogen) atoms. The van der Waals surface area contributed by atoms with Crippen molar-refractivity contribution in [2.75, 3.05) is 63.6 Å². The van der Waals surface area contributed by atoms with Crippen LogP contribution in [0.3, 0.4) is 0 Å². The lowest BCUT2D eigenvalue weighted by Gasteiger charge is -2.43. The Hall–Kier alpha value is -3.31. The first-order valence-corrected chi connectivity index (χ1v) is 13.2. The average molecular weight is 508 g/mol. The second kappa shape index (κ2) is 9.86. The predicted molar refractivity (Wildman–Crippen MR) is 141 cm³/mol. The number of piperazine rings is 1. The van der Waals surface area contributed by atoms with Gasteiger partial charge in [0.15, 0.2) is 0 Å². The number of anilines is 3. The molecular weight excluding hydrogens is 473 g/mol. The minimum Gasteiger partial charge on any atom is -0.365 e. The summed E-state index contributed by atoms with van der Waals surface area (Å²) in [6.07, 6.45) is 6.02. The Balaban J connectivity index is 1.22. The molecular formula is C26H34FN9O. The van der Waals surface area contributed by atoms with Crippen LogP contribution in [0.15, 0.2) is 24.4 Å². The summed E-state index contributed by atoms with van der Waals surface area (Å²) in [7, 11) is 3.51. The zero-order chi connectivity index (χ0) is 25.5. The van der Waals surface area contributed by atoms with Gasteiger partial charge in [0.2, 0.25) is 11.9 Å². The molecule has 0 aromatic carbocycles. The molecule has 5 heterocycles. The van der Waals surface area contributed by atoms with Crippen molar-refractivity contribution in [2.45, 2.75) is 37.8 Å². The van der Waals surface area contributed by atoms with Crippen LogP contribution >= 0.6 is 0 Å². The molecule has 6 rings (SSSR count). The highest BCUT2D eigenvalue weighted by molar-refractivity contribution is 5.97. The van der Waals surface area contributed by atoms with Crippen LogP contribution in [0.1, 0.15) is 42.2 Å². The van der Waals surface area contributed by atoms with E-state index in [2.05, 4.69) is 35.0 Å². The van der Waals surface area contributed by atoms with Gasteiger partial charge < -0.3 is 25.0 Å². The van der Waals surface area contributed by atoms with Crippen LogP contribution in [0.2, 0.25) is 0 Å². The number of amides is 1. The molecule has 3 aliphatic rings. The molecule has 2 saturated heterocycles. The topological polar surface area (TPSA) is 94.5 Å². The highest BCUT2D eigenvalue weighted by Crippen LogP contribution is 2.35. The lowest BCUT2D eigenvalue weighted by molar-refractivity contribution is 0.0815. The van der Waals surface area contributed by atoms with E-state index in [4.69, 9.17) is 4.98 Å². The van der Waals surface area contributed by atoms with Gasteiger partial charge in [0.25, 0.3) is 5.91 Å². The maximum absolute atomic E-state index is 15.1. The van der Waals surface area contributed by atoms with Crippen LogP contribution < -0.4 is 15.5 Å². The third kappa shape index (κ3) is 4.61. The van der Waals surface area contributed by atoms with Crippen molar-refractivity contribution in [3.63, 3.8) is 0 Å². The summed E-state index contributed by atoms with van der Waals surface area (Å²) in [4.78, 5) is 32.4. The number of hydrogen-bond donors (Lipinski definition) is 2. The molecule has 3 aromatic heterocycles. The van der Waals surface area contributed by atoms with E-state index in [-0.39, 0.29) is 11.9 Å². The molecule has 1 saturated carbocycles. The Morgan fingerprint density at radius 1 is 1.08 bits per heavy atom. The van der Waals surface area contributed by atoms with Gasteiger partial charge in [-0.1, -0.05) is 12.8 Å². The van der Waals surface area contributed by atoms with Crippen molar-refractivity contribution in [1.29, 1.82) is 0 Å². The number of rotatable bonds is 6. The molecule has 2 aliphatic heterocycles. The predicted octanol–water partition coefficient (Wildman–Crippen LogP) is 2.62. The van der Waals surface area contributed by atoms with Crippen molar-refractivity contribution < 1.29 is 9.18 Å². The van der Waals surface area contributed by atoms with Gasteiger partial charge in [-0.05, 0) is 31.0 Å². The third-order valence-corrected chi connectivity index (χ3v) is 7.89. The minimum atomic E-state index is -0.502. The van der Waals surface area contributed by atoms with E-state index in [0.29, 0.717) is 34.8 Å². The van der Waals surface area contributed by atoms with E-state index in [1.165, 1.54) is 0 Å². The maximum atomic E-state index is 15.1. The van der Waals surface area contributed by atoms with Crippen molar-refractivity contribution in [1.82, 2.24) is 34.6 Å². The second-order valence-electron chi connectivity index (χ2n) is 10.5. The minimum absolute atomic E-state index is 0.0519. The number of nitrogens with one attached hydrogen (secondary N) is 2. The number of hydrogen-bond acceptors (Lipinski definition) is 8. The number of aromatic nitrogens is 4. The summed E-state index contributed by atoms with van der Waals surface area (Å²) < 4.78 is 17.1. The number of fused-ring (bicyclic) bond motifs is 1. The summed E-state index contributed by atoms with van der Waals surface area (Å²) in [5, 5.41) is 7.19. The first kappa shape index (κ1) is 24.1. The molecule has 10 nitrogen and oxygen atoms in total. The molecule has 3 fully saturated rings. The summed E-state index contributed by atoms with van der Waals surface area (Å²) in [5.74, 6) is 0.126. The van der Waals surface area contributed by atoms with Gasteiger partial charge in [-0.3, -0.25) is 9.69 Å². The molecule has 196 valence electrons. The van der Waals surface area contributed by atoms with Crippen molar-refractivity contribution >= 4 is 34.4 Å². The van der Waals surface area contributed by atoms with Gasteiger partial charge in [0.05, 0.1) is 5.69 Å². The average Bonchev–Trinajstić information content (AvgIpc) is 3.51. The summed E-state index contributed by atoms with van der Waals surface area (Å²) >= 11 is 0. The van der Waals surface area contributed by atoms with Gasteiger partial charge in [-0.2, -0.15) is 9.37 Å². The molecule has 1 amide bonds. The SMILES string of the molecule is CN(C)C(=O)c1cc2cnc(Nc3ccc(N4CCN(C5CNC5)CC4)c(F)n3)nc2n1C1CCCC1. The van der Waals surface area contributed by atoms with Crippen LogP contribution in [-0.2, 0) is 0 Å². The summed E-state index contributed by atoms with van der Waals surface area (Å²) in [5.41, 5.74) is 1.86. The van der Waals surface area contributed by atoms with Gasteiger partial charge in [-0.25, -0.2) is 9.97 Å². The van der Waals surface area contributed by atoms with E-state index in [1.807, 2.05) is 6.07 Å². The molecule has 0 atom stereocenters. The van der Waals surface area contributed by atoms with Crippen LogP contribution in [-0.4, -0.2) is 94.6 Å².